The van der Waals surface area contributed by atoms with Crippen LogP contribution in [0.15, 0.2) is 23.3 Å². The van der Waals surface area contributed by atoms with Gasteiger partial charge in [-0.15, -0.1) is 0 Å². The van der Waals surface area contributed by atoms with Crippen LogP contribution in [0.3, 0.4) is 0 Å². The molecule has 4 aliphatic rings. The summed E-state index contributed by atoms with van der Waals surface area (Å²) in [6.07, 6.45) is 10.6. The summed E-state index contributed by atoms with van der Waals surface area (Å²) in [6, 6.07) is 0. The summed E-state index contributed by atoms with van der Waals surface area (Å²) in [5.74, 6) is -0.603. The first-order valence-electron chi connectivity index (χ1n) is 13.6. The number of carboxylic acid groups (broad SMARTS) is 1. The Bertz CT molecular complexity index is 882. The largest absolute Gasteiger partial charge is 0.481 e. The van der Waals surface area contributed by atoms with E-state index in [1.165, 1.54) is 11.1 Å². The molecule has 34 heavy (non-hydrogen) atoms. The summed E-state index contributed by atoms with van der Waals surface area (Å²) >= 11 is 0. The van der Waals surface area contributed by atoms with Crippen LogP contribution in [0.1, 0.15) is 99.8 Å². The highest BCUT2D eigenvalue weighted by molar-refractivity contribution is 5.71. The molecule has 0 radical (unpaired) electrons. The predicted octanol–water partition coefficient (Wildman–Crippen LogP) is 6.37. The average molecular weight is 473 g/mol. The number of hydrogen-bond acceptors (Lipinski definition) is 3. The fourth-order valence-corrected chi connectivity index (χ4v) is 9.53. The zero-order valence-electron chi connectivity index (χ0n) is 22.5. The predicted molar refractivity (Wildman–Crippen MR) is 136 cm³/mol. The van der Waals surface area contributed by atoms with Crippen molar-refractivity contribution in [3.05, 3.63) is 23.3 Å². The van der Waals surface area contributed by atoms with Crippen LogP contribution < -0.4 is 0 Å². The van der Waals surface area contributed by atoms with Crippen LogP contribution in [0.25, 0.3) is 0 Å². The zero-order valence-corrected chi connectivity index (χ0v) is 22.5. The molecule has 0 spiro atoms. The van der Waals surface area contributed by atoms with E-state index in [2.05, 4.69) is 60.6 Å². The normalized spacial score (nSPS) is 45.9. The van der Waals surface area contributed by atoms with Gasteiger partial charge in [0.05, 0.1) is 18.1 Å². The van der Waals surface area contributed by atoms with Gasteiger partial charge >= 0.3 is 5.97 Å². The van der Waals surface area contributed by atoms with Gasteiger partial charge in [0.2, 0.25) is 0 Å². The molecule has 4 rings (SSSR count). The second-order valence-corrected chi connectivity index (χ2v) is 13.8. The number of aliphatic carboxylic acids is 1. The lowest BCUT2D eigenvalue weighted by atomic mass is 9.41. The van der Waals surface area contributed by atoms with E-state index in [4.69, 9.17) is 0 Å². The summed E-state index contributed by atoms with van der Waals surface area (Å²) < 4.78 is 0. The van der Waals surface area contributed by atoms with E-state index in [1.807, 2.05) is 0 Å². The Morgan fingerprint density at radius 2 is 1.79 bits per heavy atom. The van der Waals surface area contributed by atoms with Crippen LogP contribution in [0.2, 0.25) is 0 Å². The maximum atomic E-state index is 12.5. The third-order valence-electron chi connectivity index (χ3n) is 11.7. The average Bonchev–Trinajstić information content (AvgIpc) is 2.94. The molecular formula is C30H48O4. The number of allylic oxidation sites excluding steroid dienone is 4. The monoisotopic (exact) mass is 472 g/mol. The lowest BCUT2D eigenvalue weighted by Crippen LogP contribution is -2.58. The minimum atomic E-state index is -0.758. The molecule has 0 aromatic rings. The van der Waals surface area contributed by atoms with Gasteiger partial charge < -0.3 is 15.3 Å². The van der Waals surface area contributed by atoms with Crippen molar-refractivity contribution in [3.8, 4) is 0 Å². The Morgan fingerprint density at radius 1 is 1.12 bits per heavy atom. The maximum absolute atomic E-state index is 12.5. The lowest BCUT2D eigenvalue weighted by Gasteiger charge is -2.64. The highest BCUT2D eigenvalue weighted by atomic mass is 16.4. The Kier molecular flexibility index (Phi) is 6.47. The van der Waals surface area contributed by atoms with Crippen molar-refractivity contribution in [1.82, 2.24) is 0 Å². The van der Waals surface area contributed by atoms with Gasteiger partial charge in [-0.05, 0) is 98.7 Å². The van der Waals surface area contributed by atoms with E-state index in [1.54, 1.807) is 0 Å². The van der Waals surface area contributed by atoms with Crippen molar-refractivity contribution >= 4 is 5.97 Å². The molecule has 3 unspecified atom stereocenters. The number of aliphatic hydroxyl groups excluding tert-OH is 2. The first-order chi connectivity index (χ1) is 15.7. The molecule has 3 N–H and O–H groups in total. The summed E-state index contributed by atoms with van der Waals surface area (Å²) in [6.45, 7) is 15.7. The van der Waals surface area contributed by atoms with Crippen LogP contribution in [0.5, 0.6) is 0 Å². The number of fused-ring (bicyclic) bond motifs is 5. The fourth-order valence-electron chi connectivity index (χ4n) is 9.53. The van der Waals surface area contributed by atoms with Gasteiger partial charge in [0.15, 0.2) is 0 Å². The van der Waals surface area contributed by atoms with Gasteiger partial charge in [-0.2, -0.15) is 0 Å². The molecular weight excluding hydrogens is 424 g/mol. The number of hydrogen-bond donors (Lipinski definition) is 3. The summed E-state index contributed by atoms with van der Waals surface area (Å²) in [5.41, 5.74) is 2.34. The van der Waals surface area contributed by atoms with E-state index >= 15 is 0 Å². The standard InChI is InChI=1S/C30H48O4/c1-18(2)9-8-10-19(26(33)34)25-22(31)17-30(7)21-11-12-23-27(3,4)24(32)14-15-28(23,5)20(21)13-16-29(25,30)6/h9,11,19-20,22-25,31-32H,8,10,12-17H2,1-7H3,(H,33,34)/t19?,20?,22-,23?,24+,25+,28+,29-,30+/m0/s1. The summed E-state index contributed by atoms with van der Waals surface area (Å²) in [4.78, 5) is 12.5. The topological polar surface area (TPSA) is 77.8 Å². The van der Waals surface area contributed by atoms with Gasteiger partial charge in [-0.3, -0.25) is 4.79 Å². The van der Waals surface area contributed by atoms with E-state index in [0.717, 1.165) is 38.5 Å². The first kappa shape index (κ1) is 25.9. The molecule has 3 fully saturated rings. The summed E-state index contributed by atoms with van der Waals surface area (Å²) in [7, 11) is 0. The first-order valence-corrected chi connectivity index (χ1v) is 13.6. The van der Waals surface area contributed by atoms with Crippen molar-refractivity contribution in [2.24, 2.45) is 45.3 Å². The molecule has 3 saturated carbocycles. The molecule has 0 heterocycles. The van der Waals surface area contributed by atoms with E-state index in [9.17, 15) is 20.1 Å². The second kappa shape index (κ2) is 8.47. The molecule has 0 amide bonds. The molecule has 0 saturated heterocycles. The van der Waals surface area contributed by atoms with Gasteiger partial charge in [0.25, 0.3) is 0 Å². The van der Waals surface area contributed by atoms with E-state index < -0.39 is 18.0 Å². The highest BCUT2D eigenvalue weighted by Crippen LogP contribution is 2.73. The smallest absolute Gasteiger partial charge is 0.306 e. The van der Waals surface area contributed by atoms with E-state index in [-0.39, 0.29) is 33.7 Å². The van der Waals surface area contributed by atoms with Gasteiger partial charge in [0.1, 0.15) is 0 Å². The fraction of sp³-hybridized carbons (Fsp3) is 0.833. The Hall–Kier alpha value is -1.13. The quantitative estimate of drug-likeness (QED) is 0.406. The molecule has 4 nitrogen and oxygen atoms in total. The molecule has 0 aliphatic heterocycles. The van der Waals surface area contributed by atoms with Gasteiger partial charge in [0, 0.05) is 5.92 Å². The number of aliphatic hydroxyl groups is 2. The van der Waals surface area contributed by atoms with Crippen LogP contribution in [0, 0.1) is 45.3 Å². The number of rotatable bonds is 5. The zero-order chi connectivity index (χ0) is 25.3. The molecule has 4 aliphatic carbocycles. The number of carbonyl (C=O) groups is 1. The molecule has 9 atom stereocenters. The molecule has 0 aromatic carbocycles. The minimum Gasteiger partial charge on any atom is -0.481 e. The molecule has 0 aromatic heterocycles. The van der Waals surface area contributed by atoms with Crippen LogP contribution in [0.4, 0.5) is 0 Å². The lowest BCUT2D eigenvalue weighted by molar-refractivity contribution is -0.151. The third-order valence-corrected chi connectivity index (χ3v) is 11.7. The van der Waals surface area contributed by atoms with Crippen LogP contribution in [-0.4, -0.2) is 33.5 Å². The van der Waals surface area contributed by atoms with Crippen molar-refractivity contribution in [2.45, 2.75) is 112 Å². The highest BCUT2D eigenvalue weighted by Gasteiger charge is 2.68. The van der Waals surface area contributed by atoms with Crippen molar-refractivity contribution in [3.63, 3.8) is 0 Å². The summed E-state index contributed by atoms with van der Waals surface area (Å²) in [5, 5.41) is 32.5. The number of carboxylic acids is 1. The Balaban J connectivity index is 1.71. The van der Waals surface area contributed by atoms with Gasteiger partial charge in [-0.1, -0.05) is 57.9 Å². The van der Waals surface area contributed by atoms with Crippen molar-refractivity contribution in [1.29, 1.82) is 0 Å². The Labute approximate surface area is 206 Å². The molecule has 192 valence electrons. The van der Waals surface area contributed by atoms with Crippen LogP contribution >= 0.6 is 0 Å². The molecule has 4 heteroatoms. The maximum Gasteiger partial charge on any atom is 0.306 e. The second-order valence-electron chi connectivity index (χ2n) is 13.8. The molecule has 0 bridgehead atoms. The van der Waals surface area contributed by atoms with Gasteiger partial charge in [-0.25, -0.2) is 0 Å². The Morgan fingerprint density at radius 3 is 2.41 bits per heavy atom. The van der Waals surface area contributed by atoms with Crippen LogP contribution in [-0.2, 0) is 4.79 Å². The van der Waals surface area contributed by atoms with Crippen molar-refractivity contribution in [2.75, 3.05) is 0 Å². The minimum absolute atomic E-state index is 0.103. The van der Waals surface area contributed by atoms with E-state index in [0.29, 0.717) is 24.7 Å². The third kappa shape index (κ3) is 3.57. The SMILES string of the molecule is CC(C)=CCCC(C(=O)O)[C@@H]1[C@@H](O)C[C@]2(C)C3=CCC4C(C)(C)[C@H](O)CC[C@]4(C)C3CC[C@@]12C. The van der Waals surface area contributed by atoms with Crippen molar-refractivity contribution < 1.29 is 20.1 Å².